The minimum atomic E-state index is -0.381. The quantitative estimate of drug-likeness (QED) is 0.275. The maximum atomic E-state index is 8.53. The summed E-state index contributed by atoms with van der Waals surface area (Å²) in [7, 11) is 0. The number of benzene rings is 5. The minimum Gasteiger partial charge on any atom is -0.355 e. The van der Waals surface area contributed by atoms with E-state index in [1.54, 1.807) is 22.7 Å². The molecule has 0 aliphatic heterocycles. The van der Waals surface area contributed by atoms with Crippen LogP contribution < -0.4 is 5.32 Å². The number of hydrogen-bond acceptors (Lipinski definition) is 3. The lowest BCUT2D eigenvalue weighted by molar-refractivity contribution is 1.61. The van der Waals surface area contributed by atoms with E-state index >= 15 is 0 Å². The summed E-state index contributed by atoms with van der Waals surface area (Å²) in [5.41, 5.74) is 2.80. The molecule has 5 aromatic carbocycles. The van der Waals surface area contributed by atoms with Crippen molar-refractivity contribution in [1.29, 1.82) is 0 Å². The number of fused-ring (bicyclic) bond motifs is 6. The Kier molecular flexibility index (Phi) is 3.27. The van der Waals surface area contributed by atoms with Crippen LogP contribution >= 0.6 is 22.7 Å². The molecule has 0 unspecified atom stereocenters. The Hall–Kier alpha value is -3.66. The fourth-order valence-corrected chi connectivity index (χ4v) is 6.73. The van der Waals surface area contributed by atoms with Gasteiger partial charge in [-0.25, -0.2) is 0 Å². The predicted molar refractivity (Wildman–Crippen MR) is 147 cm³/mol. The molecule has 1 N–H and O–H groups in total. The van der Waals surface area contributed by atoms with Gasteiger partial charge in [0.05, 0.1) is 6.85 Å². The fourth-order valence-electron chi connectivity index (χ4n) is 4.47. The van der Waals surface area contributed by atoms with Gasteiger partial charge in [0.2, 0.25) is 0 Å². The monoisotopic (exact) mass is 462 g/mol. The van der Waals surface area contributed by atoms with E-state index in [9.17, 15) is 0 Å². The molecule has 1 nitrogen and oxygen atoms in total. The summed E-state index contributed by atoms with van der Waals surface area (Å²) in [6.07, 6.45) is 0. The molecule has 0 saturated heterocycles. The van der Waals surface area contributed by atoms with Crippen molar-refractivity contribution >= 4 is 74.4 Å². The average Bonchev–Trinajstić information content (AvgIpc) is 3.49. The van der Waals surface area contributed by atoms with Gasteiger partial charge in [0, 0.05) is 51.7 Å². The minimum absolute atomic E-state index is 0.186. The van der Waals surface area contributed by atoms with E-state index in [4.69, 9.17) is 6.85 Å². The number of anilines is 2. The maximum absolute atomic E-state index is 8.53. The molecule has 2 heterocycles. The van der Waals surface area contributed by atoms with E-state index in [0.29, 0.717) is 5.56 Å². The molecular formula is C30H19NS2. The van der Waals surface area contributed by atoms with E-state index in [1.165, 1.54) is 20.2 Å². The van der Waals surface area contributed by atoms with Crippen molar-refractivity contribution in [2.24, 2.45) is 0 Å². The Morgan fingerprint density at radius 1 is 0.576 bits per heavy atom. The molecule has 0 aliphatic rings. The zero-order chi connectivity index (χ0) is 26.1. The molecule has 33 heavy (non-hydrogen) atoms. The molecule has 0 fully saturated rings. The van der Waals surface area contributed by atoms with Crippen molar-refractivity contribution in [2.45, 2.75) is 0 Å². The van der Waals surface area contributed by atoms with Crippen LogP contribution in [0.4, 0.5) is 11.4 Å². The first-order valence-electron chi connectivity index (χ1n) is 13.1. The van der Waals surface area contributed by atoms with Gasteiger partial charge in [-0.1, -0.05) is 66.6 Å². The summed E-state index contributed by atoms with van der Waals surface area (Å²) in [6, 6.07) is 25.4. The van der Waals surface area contributed by atoms with Gasteiger partial charge in [-0.05, 0) is 53.6 Å². The lowest BCUT2D eigenvalue weighted by Gasteiger charge is -2.08. The Balaban J connectivity index is 1.38. The van der Waals surface area contributed by atoms with E-state index < -0.39 is 0 Å². The SMILES string of the molecule is [2H]c1c([2H])c([2H])c(-c2cccc3sc4ccc(Nc5ccc6c(c5)sc5ccccc56)cc4c23)c([2H])c1[2H]. The van der Waals surface area contributed by atoms with E-state index in [-0.39, 0.29) is 35.8 Å². The molecule has 7 aromatic rings. The van der Waals surface area contributed by atoms with Crippen LogP contribution in [0, 0.1) is 0 Å². The average molecular weight is 463 g/mol. The summed E-state index contributed by atoms with van der Waals surface area (Å²) in [5, 5.41) is 7.95. The van der Waals surface area contributed by atoms with E-state index in [0.717, 1.165) is 31.5 Å². The molecule has 2 aromatic heterocycles. The summed E-state index contributed by atoms with van der Waals surface area (Å²) in [4.78, 5) is 0. The number of thiophene rings is 2. The topological polar surface area (TPSA) is 12.0 Å². The van der Waals surface area contributed by atoms with Crippen molar-refractivity contribution in [3.8, 4) is 11.1 Å². The van der Waals surface area contributed by atoms with Crippen molar-refractivity contribution in [3.05, 3.63) is 109 Å². The Bertz CT molecular complexity index is 2050. The predicted octanol–water partition coefficient (Wildman–Crippen LogP) is 9.83. The summed E-state index contributed by atoms with van der Waals surface area (Å²) in [6.45, 7) is 0. The van der Waals surface area contributed by atoms with Crippen LogP contribution in [0.2, 0.25) is 0 Å². The van der Waals surface area contributed by atoms with Gasteiger partial charge >= 0.3 is 0 Å². The van der Waals surface area contributed by atoms with Crippen molar-refractivity contribution in [2.75, 3.05) is 5.32 Å². The highest BCUT2D eigenvalue weighted by molar-refractivity contribution is 7.26. The molecule has 0 spiro atoms. The molecule has 0 aliphatic carbocycles. The first kappa shape index (κ1) is 14.5. The molecular weight excluding hydrogens is 438 g/mol. The smallest absolute Gasteiger partial charge is 0.0629 e. The molecule has 0 amide bonds. The van der Waals surface area contributed by atoms with Crippen LogP contribution in [0.25, 0.3) is 51.5 Å². The third kappa shape index (κ3) is 3.12. The van der Waals surface area contributed by atoms with Gasteiger partial charge in [0.1, 0.15) is 0 Å². The van der Waals surface area contributed by atoms with Gasteiger partial charge in [0.25, 0.3) is 0 Å². The van der Waals surface area contributed by atoms with E-state index in [1.807, 2.05) is 18.2 Å². The van der Waals surface area contributed by atoms with Gasteiger partial charge < -0.3 is 5.32 Å². The van der Waals surface area contributed by atoms with Crippen LogP contribution in [0.5, 0.6) is 0 Å². The molecule has 156 valence electrons. The molecule has 0 saturated carbocycles. The number of rotatable bonds is 3. The fraction of sp³-hybridized carbons (Fsp3) is 0. The van der Waals surface area contributed by atoms with Crippen LogP contribution in [-0.2, 0) is 0 Å². The lowest BCUT2D eigenvalue weighted by Crippen LogP contribution is -1.89. The van der Waals surface area contributed by atoms with Crippen molar-refractivity contribution < 1.29 is 6.85 Å². The first-order valence-corrected chi connectivity index (χ1v) is 12.2. The normalized spacial score (nSPS) is 13.8. The second kappa shape index (κ2) is 7.45. The molecule has 0 radical (unpaired) electrons. The lowest BCUT2D eigenvalue weighted by atomic mass is 9.99. The van der Waals surface area contributed by atoms with Crippen LogP contribution in [0.15, 0.2) is 109 Å². The third-order valence-corrected chi connectivity index (χ3v) is 8.20. The number of hydrogen-bond donors (Lipinski definition) is 1. The largest absolute Gasteiger partial charge is 0.355 e. The Morgan fingerprint density at radius 3 is 2.24 bits per heavy atom. The molecule has 0 bridgehead atoms. The van der Waals surface area contributed by atoms with Gasteiger partial charge in [-0.15, -0.1) is 22.7 Å². The number of nitrogens with one attached hydrogen (secondary N) is 1. The summed E-state index contributed by atoms with van der Waals surface area (Å²) in [5.74, 6) is 0. The summed E-state index contributed by atoms with van der Waals surface area (Å²) < 4.78 is 45.9. The standard InChI is InChI=1S/C30H19NS2/c1-2-7-19(8-3-1)22-10-6-12-28-30(22)25-17-20(14-16-27(25)32-28)31-21-13-15-24-23-9-4-5-11-26(23)33-29(24)18-21/h1-18,31H/i1D,2D,3D,7D,8D. The van der Waals surface area contributed by atoms with Gasteiger partial charge in [-0.3, -0.25) is 0 Å². The second-order valence-corrected chi connectivity index (χ2v) is 10.1. The highest BCUT2D eigenvalue weighted by Crippen LogP contribution is 2.41. The molecule has 3 heteroatoms. The molecule has 7 rings (SSSR count). The van der Waals surface area contributed by atoms with Crippen molar-refractivity contribution in [1.82, 2.24) is 0 Å². The Morgan fingerprint density at radius 2 is 1.30 bits per heavy atom. The second-order valence-electron chi connectivity index (χ2n) is 7.93. The first-order chi connectivity index (χ1) is 18.4. The third-order valence-electron chi connectivity index (χ3n) is 5.93. The summed E-state index contributed by atoms with van der Waals surface area (Å²) >= 11 is 3.41. The highest BCUT2D eigenvalue weighted by atomic mass is 32.1. The van der Waals surface area contributed by atoms with Crippen molar-refractivity contribution in [3.63, 3.8) is 0 Å². The molecule has 0 atom stereocenters. The van der Waals surface area contributed by atoms with Crippen LogP contribution in [0.3, 0.4) is 0 Å². The van der Waals surface area contributed by atoms with Gasteiger partial charge in [0.15, 0.2) is 0 Å². The zero-order valence-corrected chi connectivity index (χ0v) is 19.0. The zero-order valence-electron chi connectivity index (χ0n) is 22.3. The highest BCUT2D eigenvalue weighted by Gasteiger charge is 2.12. The Labute approximate surface area is 206 Å². The van der Waals surface area contributed by atoms with E-state index in [2.05, 4.69) is 66.0 Å². The van der Waals surface area contributed by atoms with Gasteiger partial charge in [-0.2, -0.15) is 0 Å². The van der Waals surface area contributed by atoms with Crippen LogP contribution in [-0.4, -0.2) is 0 Å². The maximum Gasteiger partial charge on any atom is 0.0629 e. The van der Waals surface area contributed by atoms with Crippen LogP contribution in [0.1, 0.15) is 6.85 Å².